The van der Waals surface area contributed by atoms with Crippen molar-refractivity contribution in [2.45, 2.75) is 51.6 Å². The minimum Gasteiger partial charge on any atom is -0.345 e. The highest BCUT2D eigenvalue weighted by Crippen LogP contribution is 2.17. The molecule has 2 amide bonds. The van der Waals surface area contributed by atoms with E-state index in [4.69, 9.17) is 5.73 Å². The fourth-order valence-corrected chi connectivity index (χ4v) is 2.93. The number of likely N-dealkylation sites (tertiary alicyclic amines) is 1. The first-order chi connectivity index (χ1) is 11.0. The highest BCUT2D eigenvalue weighted by atomic mass is 35.5. The molecule has 1 aliphatic heterocycles. The molecule has 134 valence electrons. The van der Waals surface area contributed by atoms with Gasteiger partial charge in [0.2, 0.25) is 5.91 Å². The molecule has 0 bridgehead atoms. The van der Waals surface area contributed by atoms with Gasteiger partial charge in [0, 0.05) is 31.6 Å². The van der Waals surface area contributed by atoms with Gasteiger partial charge in [-0.05, 0) is 37.0 Å². The van der Waals surface area contributed by atoms with Crippen LogP contribution in [0, 0.1) is 0 Å². The molecule has 24 heavy (non-hydrogen) atoms. The third kappa shape index (κ3) is 4.71. The smallest absolute Gasteiger partial charge is 0.251 e. The van der Waals surface area contributed by atoms with E-state index in [2.05, 4.69) is 5.32 Å². The SMILES string of the molecule is CCC(CC)(CN)NC(=O)c1ccc(CN2CCCC2=O)cc1.Cl. The minimum absolute atomic E-state index is 0. The van der Waals surface area contributed by atoms with Gasteiger partial charge < -0.3 is 16.0 Å². The van der Waals surface area contributed by atoms with Crippen LogP contribution >= 0.6 is 12.4 Å². The second-order valence-corrected chi connectivity index (χ2v) is 6.26. The fraction of sp³-hybridized carbons (Fsp3) is 0.556. The summed E-state index contributed by atoms with van der Waals surface area (Å²) in [4.78, 5) is 25.9. The number of nitrogens with two attached hydrogens (primary N) is 1. The quantitative estimate of drug-likeness (QED) is 0.790. The highest BCUT2D eigenvalue weighted by Gasteiger charge is 2.26. The van der Waals surface area contributed by atoms with Crippen LogP contribution in [0.5, 0.6) is 0 Å². The molecule has 1 heterocycles. The van der Waals surface area contributed by atoms with Gasteiger partial charge in [-0.2, -0.15) is 0 Å². The van der Waals surface area contributed by atoms with Gasteiger partial charge >= 0.3 is 0 Å². The molecule has 0 radical (unpaired) electrons. The molecule has 0 saturated carbocycles. The Labute approximate surface area is 150 Å². The van der Waals surface area contributed by atoms with Gasteiger partial charge in [0.05, 0.1) is 5.54 Å². The summed E-state index contributed by atoms with van der Waals surface area (Å²) < 4.78 is 0. The van der Waals surface area contributed by atoms with Crippen molar-refractivity contribution >= 4 is 24.2 Å². The standard InChI is InChI=1S/C18H27N3O2.ClH/c1-3-18(4-2,13-19)20-17(23)15-9-7-14(8-10-15)12-21-11-5-6-16(21)22;/h7-10H,3-6,11-13,19H2,1-2H3,(H,20,23);1H. The van der Waals surface area contributed by atoms with Crippen molar-refractivity contribution in [3.63, 3.8) is 0 Å². The maximum atomic E-state index is 12.4. The second kappa shape index (κ2) is 9.04. The van der Waals surface area contributed by atoms with E-state index in [1.165, 1.54) is 0 Å². The summed E-state index contributed by atoms with van der Waals surface area (Å²) in [5, 5.41) is 3.07. The number of carbonyl (C=O) groups is 2. The number of amides is 2. The monoisotopic (exact) mass is 353 g/mol. The number of nitrogens with zero attached hydrogens (tertiary/aromatic N) is 1. The predicted molar refractivity (Wildman–Crippen MR) is 98.2 cm³/mol. The lowest BCUT2D eigenvalue weighted by atomic mass is 9.92. The molecule has 5 nitrogen and oxygen atoms in total. The summed E-state index contributed by atoms with van der Waals surface area (Å²) in [7, 11) is 0. The summed E-state index contributed by atoms with van der Waals surface area (Å²) in [6.07, 6.45) is 3.20. The van der Waals surface area contributed by atoms with Gasteiger partial charge in [0.25, 0.3) is 5.91 Å². The zero-order chi connectivity index (χ0) is 16.9. The van der Waals surface area contributed by atoms with Gasteiger partial charge in [0.1, 0.15) is 0 Å². The van der Waals surface area contributed by atoms with Crippen molar-refractivity contribution in [3.8, 4) is 0 Å². The van der Waals surface area contributed by atoms with Crippen molar-refractivity contribution in [2.75, 3.05) is 13.1 Å². The van der Waals surface area contributed by atoms with E-state index in [0.29, 0.717) is 25.1 Å². The number of benzene rings is 1. The van der Waals surface area contributed by atoms with Gasteiger partial charge in [-0.3, -0.25) is 9.59 Å². The Kier molecular flexibility index (Phi) is 7.70. The summed E-state index contributed by atoms with van der Waals surface area (Å²) in [5.74, 6) is 0.119. The van der Waals surface area contributed by atoms with E-state index in [0.717, 1.165) is 31.4 Å². The Morgan fingerprint density at radius 3 is 2.33 bits per heavy atom. The third-order valence-corrected chi connectivity index (χ3v) is 4.88. The van der Waals surface area contributed by atoms with E-state index < -0.39 is 0 Å². The molecule has 1 aliphatic rings. The van der Waals surface area contributed by atoms with Gasteiger partial charge in [-0.15, -0.1) is 12.4 Å². The van der Waals surface area contributed by atoms with Crippen molar-refractivity contribution < 1.29 is 9.59 Å². The van der Waals surface area contributed by atoms with Crippen molar-refractivity contribution in [1.82, 2.24) is 10.2 Å². The lowest BCUT2D eigenvalue weighted by Gasteiger charge is -2.31. The van der Waals surface area contributed by atoms with Crippen LogP contribution in [0.3, 0.4) is 0 Å². The van der Waals surface area contributed by atoms with E-state index in [1.807, 2.05) is 43.0 Å². The molecule has 3 N–H and O–H groups in total. The lowest BCUT2D eigenvalue weighted by molar-refractivity contribution is -0.128. The second-order valence-electron chi connectivity index (χ2n) is 6.26. The average Bonchev–Trinajstić information content (AvgIpc) is 2.98. The number of carbonyl (C=O) groups excluding carboxylic acids is 2. The van der Waals surface area contributed by atoms with Crippen molar-refractivity contribution in [1.29, 1.82) is 0 Å². The largest absolute Gasteiger partial charge is 0.345 e. The first kappa shape index (κ1) is 20.5. The third-order valence-electron chi connectivity index (χ3n) is 4.88. The van der Waals surface area contributed by atoms with E-state index in [-0.39, 0.29) is 29.8 Å². The van der Waals surface area contributed by atoms with Crippen LogP contribution in [-0.2, 0) is 11.3 Å². The molecule has 6 heteroatoms. The average molecular weight is 354 g/mol. The number of nitrogens with one attached hydrogen (secondary N) is 1. The first-order valence-electron chi connectivity index (χ1n) is 8.43. The summed E-state index contributed by atoms with van der Waals surface area (Å²) in [5.41, 5.74) is 7.17. The van der Waals surface area contributed by atoms with Crippen molar-refractivity contribution in [3.05, 3.63) is 35.4 Å². The van der Waals surface area contributed by atoms with Crippen LogP contribution < -0.4 is 11.1 Å². The molecule has 0 aliphatic carbocycles. The first-order valence-corrected chi connectivity index (χ1v) is 8.43. The van der Waals surface area contributed by atoms with Crippen LogP contribution in [0.4, 0.5) is 0 Å². The van der Waals surface area contributed by atoms with Gasteiger partial charge in [-0.1, -0.05) is 26.0 Å². The normalized spacial score (nSPS) is 14.5. The van der Waals surface area contributed by atoms with E-state index in [1.54, 1.807) is 0 Å². The zero-order valence-corrected chi connectivity index (χ0v) is 15.3. The van der Waals surface area contributed by atoms with Crippen molar-refractivity contribution in [2.24, 2.45) is 5.73 Å². The molecule has 1 saturated heterocycles. The topological polar surface area (TPSA) is 75.4 Å². The Morgan fingerprint density at radius 2 is 1.88 bits per heavy atom. The highest BCUT2D eigenvalue weighted by molar-refractivity contribution is 5.94. The molecule has 1 aromatic carbocycles. The molecule has 1 aromatic rings. The molecule has 0 unspecified atom stereocenters. The molecule has 0 spiro atoms. The van der Waals surface area contributed by atoms with Gasteiger partial charge in [-0.25, -0.2) is 0 Å². The molecular formula is C18H28ClN3O2. The number of halogens is 1. The molecular weight excluding hydrogens is 326 g/mol. The summed E-state index contributed by atoms with van der Waals surface area (Å²) in [6.45, 7) is 5.95. The van der Waals surface area contributed by atoms with Crippen LogP contribution in [0.25, 0.3) is 0 Å². The Morgan fingerprint density at radius 1 is 1.25 bits per heavy atom. The maximum absolute atomic E-state index is 12.4. The van der Waals surface area contributed by atoms with E-state index >= 15 is 0 Å². The lowest BCUT2D eigenvalue weighted by Crippen LogP contribution is -2.52. The Balaban J connectivity index is 0.00000288. The Hall–Kier alpha value is -1.59. The summed E-state index contributed by atoms with van der Waals surface area (Å²) in [6, 6.07) is 7.47. The van der Waals surface area contributed by atoms with Crippen LogP contribution in [-0.4, -0.2) is 35.3 Å². The molecule has 0 aromatic heterocycles. The maximum Gasteiger partial charge on any atom is 0.251 e. The minimum atomic E-state index is -0.336. The fourth-order valence-electron chi connectivity index (χ4n) is 2.93. The molecule has 2 rings (SSSR count). The van der Waals surface area contributed by atoms with Gasteiger partial charge in [0.15, 0.2) is 0 Å². The predicted octanol–water partition coefficient (Wildman–Crippen LogP) is 2.48. The van der Waals surface area contributed by atoms with Crippen LogP contribution in [0.15, 0.2) is 24.3 Å². The Bertz CT molecular complexity index is 548. The molecule has 0 atom stereocenters. The number of hydrogen-bond acceptors (Lipinski definition) is 3. The molecule has 1 fully saturated rings. The summed E-state index contributed by atoms with van der Waals surface area (Å²) >= 11 is 0. The van der Waals surface area contributed by atoms with Crippen LogP contribution in [0.1, 0.15) is 55.5 Å². The van der Waals surface area contributed by atoms with E-state index in [9.17, 15) is 9.59 Å². The zero-order valence-electron chi connectivity index (χ0n) is 14.5. The van der Waals surface area contributed by atoms with Crippen LogP contribution in [0.2, 0.25) is 0 Å². The number of hydrogen-bond donors (Lipinski definition) is 2. The number of rotatable bonds is 7.